The number of imide groups is 1. The quantitative estimate of drug-likeness (QED) is 0.834. The summed E-state index contributed by atoms with van der Waals surface area (Å²) in [6, 6.07) is 7.47. The molecule has 1 heterocycles. The van der Waals surface area contributed by atoms with E-state index in [1.165, 1.54) is 0 Å². The summed E-state index contributed by atoms with van der Waals surface area (Å²) in [6.07, 6.45) is 0.655. The summed E-state index contributed by atoms with van der Waals surface area (Å²) in [7, 11) is 0. The number of anilines is 1. The summed E-state index contributed by atoms with van der Waals surface area (Å²) in [5.41, 5.74) is 1.78. The van der Waals surface area contributed by atoms with Crippen molar-refractivity contribution in [1.82, 2.24) is 4.90 Å². The van der Waals surface area contributed by atoms with Crippen LogP contribution in [0.25, 0.3) is 0 Å². The van der Waals surface area contributed by atoms with Crippen LogP contribution >= 0.6 is 0 Å². The highest BCUT2D eigenvalue weighted by Crippen LogP contribution is 2.13. The highest BCUT2D eigenvalue weighted by atomic mass is 16.2. The van der Waals surface area contributed by atoms with Gasteiger partial charge in [0, 0.05) is 31.5 Å². The maximum Gasteiger partial charge on any atom is 0.229 e. The highest BCUT2D eigenvalue weighted by Gasteiger charge is 2.28. The summed E-state index contributed by atoms with van der Waals surface area (Å²) in [6.45, 7) is 2.10. The van der Waals surface area contributed by atoms with Crippen molar-refractivity contribution >= 4 is 23.4 Å². The van der Waals surface area contributed by atoms with E-state index in [4.69, 9.17) is 0 Å². The largest absolute Gasteiger partial charge is 0.326 e. The third kappa shape index (κ3) is 3.40. The zero-order valence-corrected chi connectivity index (χ0v) is 10.8. The van der Waals surface area contributed by atoms with E-state index in [1.807, 2.05) is 25.1 Å². The molecule has 1 aliphatic rings. The molecule has 0 aromatic heterocycles. The second kappa shape index (κ2) is 5.65. The molecule has 1 fully saturated rings. The number of rotatable bonds is 4. The average molecular weight is 260 g/mol. The van der Waals surface area contributed by atoms with Gasteiger partial charge in [0.25, 0.3) is 0 Å². The summed E-state index contributed by atoms with van der Waals surface area (Å²) in [5, 5.41) is 2.75. The van der Waals surface area contributed by atoms with Gasteiger partial charge < -0.3 is 5.32 Å². The van der Waals surface area contributed by atoms with E-state index < -0.39 is 0 Å². The number of benzene rings is 1. The summed E-state index contributed by atoms with van der Waals surface area (Å²) >= 11 is 0. The molecule has 1 saturated heterocycles. The van der Waals surface area contributed by atoms with Gasteiger partial charge in [-0.2, -0.15) is 0 Å². The van der Waals surface area contributed by atoms with Gasteiger partial charge in [0.15, 0.2) is 0 Å². The molecule has 0 radical (unpaired) electrons. The predicted molar refractivity (Wildman–Crippen MR) is 70.4 cm³/mol. The van der Waals surface area contributed by atoms with Crippen molar-refractivity contribution < 1.29 is 14.4 Å². The first-order chi connectivity index (χ1) is 9.06. The molecular formula is C14H16N2O3. The molecule has 1 N–H and O–H groups in total. The van der Waals surface area contributed by atoms with Crippen molar-refractivity contribution in [2.75, 3.05) is 11.9 Å². The first-order valence-electron chi connectivity index (χ1n) is 6.26. The number of nitrogens with one attached hydrogen (secondary N) is 1. The van der Waals surface area contributed by atoms with Crippen molar-refractivity contribution in [3.05, 3.63) is 29.8 Å². The topological polar surface area (TPSA) is 66.5 Å². The van der Waals surface area contributed by atoms with Crippen molar-refractivity contribution in [2.45, 2.75) is 26.2 Å². The van der Waals surface area contributed by atoms with E-state index in [0.717, 1.165) is 16.2 Å². The molecule has 5 nitrogen and oxygen atoms in total. The fourth-order valence-corrected chi connectivity index (χ4v) is 2.03. The van der Waals surface area contributed by atoms with Gasteiger partial charge in [-0.15, -0.1) is 0 Å². The minimum atomic E-state index is -0.196. The summed E-state index contributed by atoms with van der Waals surface area (Å²) in [4.78, 5) is 35.6. The monoisotopic (exact) mass is 260 g/mol. The molecule has 1 aromatic rings. The van der Waals surface area contributed by atoms with Gasteiger partial charge in [-0.05, 0) is 24.6 Å². The summed E-state index contributed by atoms with van der Waals surface area (Å²) < 4.78 is 0. The van der Waals surface area contributed by atoms with E-state index in [0.29, 0.717) is 0 Å². The van der Waals surface area contributed by atoms with Crippen LogP contribution in [0.4, 0.5) is 5.69 Å². The molecule has 0 unspecified atom stereocenters. The van der Waals surface area contributed by atoms with Crippen LogP contribution in [-0.4, -0.2) is 29.2 Å². The fourth-order valence-electron chi connectivity index (χ4n) is 2.03. The van der Waals surface area contributed by atoms with Gasteiger partial charge in [-0.3, -0.25) is 19.3 Å². The number of amides is 3. The molecule has 19 heavy (non-hydrogen) atoms. The lowest BCUT2D eigenvalue weighted by Crippen LogP contribution is -2.32. The summed E-state index contributed by atoms with van der Waals surface area (Å²) in [5.74, 6) is -0.570. The van der Waals surface area contributed by atoms with E-state index in [-0.39, 0.29) is 43.5 Å². The van der Waals surface area contributed by atoms with Crippen molar-refractivity contribution in [2.24, 2.45) is 0 Å². The molecule has 0 spiro atoms. The maximum atomic E-state index is 11.7. The Hall–Kier alpha value is -2.17. The number of hydrogen-bond acceptors (Lipinski definition) is 3. The van der Waals surface area contributed by atoms with Crippen LogP contribution in [0.3, 0.4) is 0 Å². The molecule has 1 aromatic carbocycles. The number of nitrogens with zero attached hydrogens (tertiary/aromatic N) is 1. The fraction of sp³-hybridized carbons (Fsp3) is 0.357. The van der Waals surface area contributed by atoms with E-state index >= 15 is 0 Å². The lowest BCUT2D eigenvalue weighted by molar-refractivity contribution is -0.138. The minimum absolute atomic E-state index is 0.130. The predicted octanol–water partition coefficient (Wildman–Crippen LogP) is 1.47. The smallest absolute Gasteiger partial charge is 0.229 e. The zero-order chi connectivity index (χ0) is 13.8. The van der Waals surface area contributed by atoms with Crippen molar-refractivity contribution in [3.63, 3.8) is 0 Å². The van der Waals surface area contributed by atoms with Crippen LogP contribution in [0.1, 0.15) is 24.8 Å². The second-order valence-corrected chi connectivity index (χ2v) is 4.61. The number of carbonyl (C=O) groups excluding carboxylic acids is 3. The molecule has 0 saturated carbocycles. The Kier molecular flexibility index (Phi) is 3.94. The third-order valence-corrected chi connectivity index (χ3v) is 3.02. The first kappa shape index (κ1) is 13.3. The van der Waals surface area contributed by atoms with Gasteiger partial charge in [0.1, 0.15) is 0 Å². The first-order valence-corrected chi connectivity index (χ1v) is 6.26. The van der Waals surface area contributed by atoms with Gasteiger partial charge in [-0.25, -0.2) is 0 Å². The van der Waals surface area contributed by atoms with Crippen LogP contribution in [0, 0.1) is 6.92 Å². The second-order valence-electron chi connectivity index (χ2n) is 4.61. The SMILES string of the molecule is Cc1cccc(NC(=O)CCN2C(=O)CCC2=O)c1. The van der Waals surface area contributed by atoms with Gasteiger partial charge in [-0.1, -0.05) is 12.1 Å². The Morgan fingerprint density at radius 1 is 1.26 bits per heavy atom. The highest BCUT2D eigenvalue weighted by molar-refractivity contribution is 6.02. The molecule has 3 amide bonds. The Morgan fingerprint density at radius 2 is 1.95 bits per heavy atom. The van der Waals surface area contributed by atoms with E-state index in [9.17, 15) is 14.4 Å². The third-order valence-electron chi connectivity index (χ3n) is 3.02. The average Bonchev–Trinajstić information content (AvgIpc) is 2.67. The molecule has 0 atom stereocenters. The Balaban J connectivity index is 1.85. The molecule has 1 aliphatic heterocycles. The van der Waals surface area contributed by atoms with Crippen LogP contribution < -0.4 is 5.32 Å². The molecule has 100 valence electrons. The van der Waals surface area contributed by atoms with Gasteiger partial charge in [0.05, 0.1) is 0 Å². The molecule has 0 bridgehead atoms. The van der Waals surface area contributed by atoms with Gasteiger partial charge >= 0.3 is 0 Å². The Labute approximate surface area is 111 Å². The zero-order valence-electron chi connectivity index (χ0n) is 10.8. The van der Waals surface area contributed by atoms with Crippen LogP contribution in [-0.2, 0) is 14.4 Å². The lowest BCUT2D eigenvalue weighted by Gasteiger charge is -2.13. The number of carbonyl (C=O) groups is 3. The molecule has 2 rings (SSSR count). The number of likely N-dealkylation sites (tertiary alicyclic amines) is 1. The van der Waals surface area contributed by atoms with Gasteiger partial charge in [0.2, 0.25) is 17.7 Å². The minimum Gasteiger partial charge on any atom is -0.326 e. The van der Waals surface area contributed by atoms with E-state index in [2.05, 4.69) is 5.32 Å². The van der Waals surface area contributed by atoms with Crippen LogP contribution in [0.5, 0.6) is 0 Å². The number of hydrogen-bond donors (Lipinski definition) is 1. The Morgan fingerprint density at radius 3 is 2.58 bits per heavy atom. The van der Waals surface area contributed by atoms with Crippen LogP contribution in [0.15, 0.2) is 24.3 Å². The standard InChI is InChI=1S/C14H16N2O3/c1-10-3-2-4-11(9-10)15-12(17)7-8-16-13(18)5-6-14(16)19/h2-4,9H,5-8H2,1H3,(H,15,17). The molecule has 5 heteroatoms. The molecule has 0 aliphatic carbocycles. The van der Waals surface area contributed by atoms with Crippen molar-refractivity contribution in [1.29, 1.82) is 0 Å². The molecular weight excluding hydrogens is 244 g/mol. The number of aryl methyl sites for hydroxylation is 1. The maximum absolute atomic E-state index is 11.7. The van der Waals surface area contributed by atoms with Crippen molar-refractivity contribution in [3.8, 4) is 0 Å². The van der Waals surface area contributed by atoms with E-state index in [1.54, 1.807) is 6.07 Å². The van der Waals surface area contributed by atoms with Crippen LogP contribution in [0.2, 0.25) is 0 Å². The lowest BCUT2D eigenvalue weighted by atomic mass is 10.2. The normalized spacial score (nSPS) is 14.9. The Bertz CT molecular complexity index is 509.